The number of nitrogens with zero attached hydrogens (tertiary/aromatic N) is 1. The third-order valence-corrected chi connectivity index (χ3v) is 2.40. The second-order valence-corrected chi connectivity index (χ2v) is 3.79. The van der Waals surface area contributed by atoms with Crippen molar-refractivity contribution in [1.82, 2.24) is 15.2 Å². The van der Waals surface area contributed by atoms with E-state index in [1.54, 1.807) is 0 Å². The van der Waals surface area contributed by atoms with Gasteiger partial charge in [-0.05, 0) is 6.42 Å². The number of carbonyl (C=O) groups is 1. The fourth-order valence-corrected chi connectivity index (χ4v) is 1.45. The van der Waals surface area contributed by atoms with Crippen LogP contribution in [0.4, 0.5) is 0 Å². The van der Waals surface area contributed by atoms with Crippen LogP contribution in [0.3, 0.4) is 0 Å². The zero-order chi connectivity index (χ0) is 12.0. The summed E-state index contributed by atoms with van der Waals surface area (Å²) in [5.41, 5.74) is -1.29. The summed E-state index contributed by atoms with van der Waals surface area (Å²) in [5, 5.41) is 5.61. The summed E-state index contributed by atoms with van der Waals surface area (Å²) in [5.74, 6) is -0.429. The van der Waals surface area contributed by atoms with Gasteiger partial charge in [0.25, 0.3) is 5.56 Å². The number of aromatic amines is 2. The van der Waals surface area contributed by atoms with Gasteiger partial charge in [0.15, 0.2) is 5.03 Å². The molecule has 8 heteroatoms. The Bertz CT molecular complexity index is 467. The summed E-state index contributed by atoms with van der Waals surface area (Å²) >= 11 is 0.915. The Balaban J connectivity index is 2.52. The molecule has 16 heavy (non-hydrogen) atoms. The van der Waals surface area contributed by atoms with E-state index in [0.717, 1.165) is 18.2 Å². The molecule has 0 spiro atoms. The smallest absolute Gasteiger partial charge is 0.342 e. The fraction of sp³-hybridized carbons (Fsp3) is 0.500. The standard InChI is InChI=1S/C8H11N3O4S/c1-2-3-15-5(12)4-16-7-6(13)9-8(14)11-10-7/h2-4H2,1H3,(H2,9,11,13,14). The Morgan fingerprint density at radius 1 is 1.50 bits per heavy atom. The predicted molar refractivity (Wildman–Crippen MR) is 57.5 cm³/mol. The second kappa shape index (κ2) is 6.11. The molecule has 0 atom stereocenters. The van der Waals surface area contributed by atoms with E-state index in [1.807, 2.05) is 11.9 Å². The molecule has 1 aromatic heterocycles. The lowest BCUT2D eigenvalue weighted by Gasteiger charge is -2.01. The number of thioether (sulfide) groups is 1. The molecule has 0 aromatic carbocycles. The van der Waals surface area contributed by atoms with E-state index in [9.17, 15) is 14.4 Å². The summed E-state index contributed by atoms with van der Waals surface area (Å²) in [6.45, 7) is 2.24. The van der Waals surface area contributed by atoms with Gasteiger partial charge in [-0.1, -0.05) is 18.7 Å². The maximum absolute atomic E-state index is 11.2. The number of carbonyl (C=O) groups excluding carboxylic acids is 1. The Hall–Kier alpha value is -1.57. The number of hydrogen-bond acceptors (Lipinski definition) is 6. The van der Waals surface area contributed by atoms with Crippen molar-refractivity contribution in [2.45, 2.75) is 18.4 Å². The predicted octanol–water partition coefficient (Wildman–Crippen LogP) is -0.497. The van der Waals surface area contributed by atoms with Crippen molar-refractivity contribution in [1.29, 1.82) is 0 Å². The first-order valence-electron chi connectivity index (χ1n) is 4.61. The molecule has 0 saturated carbocycles. The lowest BCUT2D eigenvalue weighted by molar-refractivity contribution is -0.140. The van der Waals surface area contributed by atoms with Crippen molar-refractivity contribution in [2.75, 3.05) is 12.4 Å². The van der Waals surface area contributed by atoms with Crippen LogP contribution in [-0.2, 0) is 9.53 Å². The fourth-order valence-electron chi connectivity index (χ4n) is 0.820. The molecule has 0 aliphatic rings. The molecule has 0 aliphatic carbocycles. The molecule has 2 N–H and O–H groups in total. The van der Waals surface area contributed by atoms with Crippen molar-refractivity contribution in [2.24, 2.45) is 0 Å². The Labute approximate surface area is 94.6 Å². The molecule has 0 fully saturated rings. The first kappa shape index (κ1) is 12.5. The van der Waals surface area contributed by atoms with Gasteiger partial charge in [-0.25, -0.2) is 9.89 Å². The minimum Gasteiger partial charge on any atom is -0.465 e. The van der Waals surface area contributed by atoms with E-state index in [-0.39, 0.29) is 10.8 Å². The quantitative estimate of drug-likeness (QED) is 0.535. The Kier molecular flexibility index (Phi) is 4.77. The summed E-state index contributed by atoms with van der Waals surface area (Å²) in [4.78, 5) is 34.9. The van der Waals surface area contributed by atoms with Gasteiger partial charge in [0.2, 0.25) is 0 Å². The SMILES string of the molecule is CCCOC(=O)CSc1n[nH]c(=O)[nH]c1=O. The highest BCUT2D eigenvalue weighted by Gasteiger charge is 2.08. The molecule has 0 radical (unpaired) electrons. The van der Waals surface area contributed by atoms with Crippen LogP contribution in [0.5, 0.6) is 0 Å². The zero-order valence-electron chi connectivity index (χ0n) is 8.61. The molecule has 1 rings (SSSR count). The number of nitrogens with one attached hydrogen (secondary N) is 2. The van der Waals surface area contributed by atoms with Crippen molar-refractivity contribution in [3.63, 3.8) is 0 Å². The number of ether oxygens (including phenoxy) is 1. The third-order valence-electron chi connectivity index (χ3n) is 1.47. The molecule has 7 nitrogen and oxygen atoms in total. The van der Waals surface area contributed by atoms with E-state index in [2.05, 4.69) is 10.2 Å². The summed E-state index contributed by atoms with van der Waals surface area (Å²) in [6.07, 6.45) is 0.744. The third kappa shape index (κ3) is 3.89. The molecule has 0 aliphatic heterocycles. The molecular formula is C8H11N3O4S. The average Bonchev–Trinajstić information content (AvgIpc) is 2.25. The molecule has 1 aromatic rings. The van der Waals surface area contributed by atoms with Crippen LogP contribution in [0.25, 0.3) is 0 Å². The van der Waals surface area contributed by atoms with Crippen LogP contribution >= 0.6 is 11.8 Å². The highest BCUT2D eigenvalue weighted by atomic mass is 32.2. The van der Waals surface area contributed by atoms with Crippen LogP contribution < -0.4 is 11.2 Å². The van der Waals surface area contributed by atoms with Crippen molar-refractivity contribution in [3.05, 3.63) is 20.8 Å². The number of aromatic nitrogens is 3. The van der Waals surface area contributed by atoms with E-state index < -0.39 is 17.2 Å². The lowest BCUT2D eigenvalue weighted by Crippen LogP contribution is -2.25. The lowest BCUT2D eigenvalue weighted by atomic mass is 10.5. The second-order valence-electron chi connectivity index (χ2n) is 2.82. The largest absolute Gasteiger partial charge is 0.465 e. The van der Waals surface area contributed by atoms with Crippen molar-refractivity contribution < 1.29 is 9.53 Å². The first-order valence-corrected chi connectivity index (χ1v) is 5.59. The van der Waals surface area contributed by atoms with E-state index >= 15 is 0 Å². The molecule has 0 bridgehead atoms. The monoisotopic (exact) mass is 245 g/mol. The van der Waals surface area contributed by atoms with Gasteiger partial charge in [-0.2, -0.15) is 5.10 Å². The molecule has 1 heterocycles. The Morgan fingerprint density at radius 3 is 2.88 bits per heavy atom. The van der Waals surface area contributed by atoms with Gasteiger partial charge >= 0.3 is 11.7 Å². The van der Waals surface area contributed by atoms with E-state index in [4.69, 9.17) is 4.74 Å². The van der Waals surface area contributed by atoms with E-state index in [1.165, 1.54) is 0 Å². The average molecular weight is 245 g/mol. The van der Waals surface area contributed by atoms with Gasteiger partial charge in [-0.3, -0.25) is 14.6 Å². The molecule has 0 saturated heterocycles. The minimum absolute atomic E-state index is 0.0118. The van der Waals surface area contributed by atoms with Gasteiger partial charge < -0.3 is 4.74 Å². The topological polar surface area (TPSA) is 105 Å². The van der Waals surface area contributed by atoms with Crippen LogP contribution in [0.15, 0.2) is 14.6 Å². The maximum atomic E-state index is 11.2. The van der Waals surface area contributed by atoms with Crippen LogP contribution in [0, 0.1) is 0 Å². The molecule has 0 amide bonds. The number of hydrogen-bond donors (Lipinski definition) is 2. The van der Waals surface area contributed by atoms with Gasteiger partial charge in [0.05, 0.1) is 12.4 Å². The number of rotatable bonds is 5. The number of esters is 1. The molecule has 0 unspecified atom stereocenters. The normalized spacial score (nSPS) is 10.1. The van der Waals surface area contributed by atoms with Gasteiger partial charge in [-0.15, -0.1) is 0 Å². The Morgan fingerprint density at radius 2 is 2.25 bits per heavy atom. The summed E-state index contributed by atoms with van der Waals surface area (Å²) in [6, 6.07) is 0. The molecule has 88 valence electrons. The summed E-state index contributed by atoms with van der Waals surface area (Å²) in [7, 11) is 0. The van der Waals surface area contributed by atoms with Crippen molar-refractivity contribution >= 4 is 17.7 Å². The highest BCUT2D eigenvalue weighted by Crippen LogP contribution is 2.08. The summed E-state index contributed by atoms with van der Waals surface area (Å²) < 4.78 is 4.80. The van der Waals surface area contributed by atoms with Crippen molar-refractivity contribution in [3.8, 4) is 0 Å². The highest BCUT2D eigenvalue weighted by molar-refractivity contribution is 7.99. The van der Waals surface area contributed by atoms with Crippen LogP contribution in [0.1, 0.15) is 13.3 Å². The number of H-pyrrole nitrogens is 2. The maximum Gasteiger partial charge on any atom is 0.342 e. The van der Waals surface area contributed by atoms with Crippen LogP contribution in [0.2, 0.25) is 0 Å². The van der Waals surface area contributed by atoms with Gasteiger partial charge in [0.1, 0.15) is 0 Å². The zero-order valence-corrected chi connectivity index (χ0v) is 9.43. The minimum atomic E-state index is -0.678. The molecular weight excluding hydrogens is 234 g/mol. The van der Waals surface area contributed by atoms with E-state index in [0.29, 0.717) is 6.61 Å². The van der Waals surface area contributed by atoms with Crippen LogP contribution in [-0.4, -0.2) is 33.5 Å². The van der Waals surface area contributed by atoms with Gasteiger partial charge in [0, 0.05) is 0 Å². The first-order chi connectivity index (χ1) is 7.63.